The van der Waals surface area contributed by atoms with Crippen LogP contribution in [-0.2, 0) is 11.4 Å². The molecular formula is C16H14F2NO. The topological polar surface area (TPSA) is 21.6 Å². The first-order chi connectivity index (χ1) is 9.66. The third-order valence-corrected chi connectivity index (χ3v) is 2.81. The number of rotatable bonds is 5. The molecule has 4 heteroatoms. The van der Waals surface area contributed by atoms with Gasteiger partial charge in [-0.3, -0.25) is 0 Å². The van der Waals surface area contributed by atoms with Gasteiger partial charge in [0.15, 0.2) is 0 Å². The Morgan fingerprint density at radius 1 is 1.15 bits per heavy atom. The summed E-state index contributed by atoms with van der Waals surface area (Å²) in [5, 5.41) is 3.73. The van der Waals surface area contributed by atoms with Crippen molar-refractivity contribution in [2.75, 3.05) is 0 Å². The highest BCUT2D eigenvalue weighted by Crippen LogP contribution is 2.19. The van der Waals surface area contributed by atoms with Gasteiger partial charge in [-0.15, -0.1) is 0 Å². The fourth-order valence-electron chi connectivity index (χ4n) is 1.71. The predicted octanol–water partition coefficient (Wildman–Crippen LogP) is 4.36. The van der Waals surface area contributed by atoms with Gasteiger partial charge < -0.3 is 4.84 Å². The van der Waals surface area contributed by atoms with Gasteiger partial charge in [-0.1, -0.05) is 47.6 Å². The van der Waals surface area contributed by atoms with E-state index < -0.39 is 6.43 Å². The summed E-state index contributed by atoms with van der Waals surface area (Å²) in [6.07, 6.45) is 0.300. The Bertz CT molecular complexity index is 597. The van der Waals surface area contributed by atoms with E-state index in [1.807, 2.05) is 31.2 Å². The minimum absolute atomic E-state index is 0.0158. The minimum atomic E-state index is -2.48. The molecule has 2 rings (SSSR count). The van der Waals surface area contributed by atoms with Crippen molar-refractivity contribution < 1.29 is 13.6 Å². The average Bonchev–Trinajstić information content (AvgIpc) is 2.45. The third kappa shape index (κ3) is 3.88. The summed E-state index contributed by atoms with van der Waals surface area (Å²) >= 11 is 0. The molecular weight excluding hydrogens is 260 g/mol. The van der Waals surface area contributed by atoms with Gasteiger partial charge in [0.25, 0.3) is 6.43 Å². The summed E-state index contributed by atoms with van der Waals surface area (Å²) in [6.45, 7) is 2.09. The molecule has 0 bridgehead atoms. The highest BCUT2D eigenvalue weighted by molar-refractivity contribution is 5.81. The van der Waals surface area contributed by atoms with E-state index in [1.165, 1.54) is 12.1 Å². The molecule has 2 nitrogen and oxygen atoms in total. The molecule has 0 saturated carbocycles. The maximum absolute atomic E-state index is 12.5. The van der Waals surface area contributed by atoms with Crippen LogP contribution in [0.2, 0.25) is 0 Å². The van der Waals surface area contributed by atoms with Gasteiger partial charge in [-0.25, -0.2) is 8.78 Å². The predicted molar refractivity (Wildman–Crippen MR) is 73.9 cm³/mol. The van der Waals surface area contributed by atoms with Crippen molar-refractivity contribution in [1.29, 1.82) is 0 Å². The summed E-state index contributed by atoms with van der Waals surface area (Å²) in [4.78, 5) is 5.08. The van der Waals surface area contributed by atoms with E-state index >= 15 is 0 Å². The minimum Gasteiger partial charge on any atom is -0.390 e. The van der Waals surface area contributed by atoms with Crippen LogP contribution in [0.5, 0.6) is 0 Å². The van der Waals surface area contributed by atoms with E-state index in [2.05, 4.69) is 11.4 Å². The molecule has 0 aliphatic rings. The summed E-state index contributed by atoms with van der Waals surface area (Å²) in [5.74, 6) is 0. The van der Waals surface area contributed by atoms with Crippen molar-refractivity contribution in [1.82, 2.24) is 0 Å². The number of alkyl halides is 2. The first-order valence-electron chi connectivity index (χ1n) is 6.17. The molecule has 0 amide bonds. The van der Waals surface area contributed by atoms with Crippen molar-refractivity contribution in [3.8, 4) is 0 Å². The molecule has 1 radical (unpaired) electrons. The van der Waals surface area contributed by atoms with Crippen LogP contribution >= 0.6 is 0 Å². The smallest absolute Gasteiger partial charge is 0.263 e. The molecule has 0 aliphatic heterocycles. The Labute approximate surface area is 116 Å². The van der Waals surface area contributed by atoms with Gasteiger partial charge in [-0.05, 0) is 24.1 Å². The molecule has 0 aliphatic carbocycles. The Balaban J connectivity index is 1.93. The zero-order valence-electron chi connectivity index (χ0n) is 11.0. The number of hydrogen-bond donors (Lipinski definition) is 0. The summed E-state index contributed by atoms with van der Waals surface area (Å²) in [5.41, 5.74) is 2.52. The number of hydrogen-bond acceptors (Lipinski definition) is 2. The van der Waals surface area contributed by atoms with E-state index in [-0.39, 0.29) is 12.2 Å². The first-order valence-corrected chi connectivity index (χ1v) is 6.17. The lowest BCUT2D eigenvalue weighted by Crippen LogP contribution is -1.92. The average molecular weight is 274 g/mol. The number of nitrogens with zero attached hydrogens (tertiary/aromatic N) is 1. The first kappa shape index (κ1) is 14.2. The molecule has 0 spiro atoms. The SMILES string of the molecule is Cc1ccccc1/[C]=N\OCc1cccc(C(F)F)c1. The third-order valence-electron chi connectivity index (χ3n) is 2.81. The summed E-state index contributed by atoms with van der Waals surface area (Å²) < 4.78 is 25.0. The van der Waals surface area contributed by atoms with Crippen LogP contribution in [0.25, 0.3) is 0 Å². The van der Waals surface area contributed by atoms with Gasteiger partial charge in [-0.2, -0.15) is 0 Å². The Morgan fingerprint density at radius 3 is 2.70 bits per heavy atom. The lowest BCUT2D eigenvalue weighted by Gasteiger charge is -2.03. The quantitative estimate of drug-likeness (QED) is 0.586. The van der Waals surface area contributed by atoms with Crippen molar-refractivity contribution in [3.05, 3.63) is 70.8 Å². The molecule has 0 saturated heterocycles. The lowest BCUT2D eigenvalue weighted by molar-refractivity contribution is 0.130. The van der Waals surface area contributed by atoms with Crippen molar-refractivity contribution in [2.45, 2.75) is 20.0 Å². The second-order valence-corrected chi connectivity index (χ2v) is 4.34. The number of halogens is 2. The molecule has 0 heterocycles. The van der Waals surface area contributed by atoms with Gasteiger partial charge >= 0.3 is 0 Å². The maximum Gasteiger partial charge on any atom is 0.263 e. The van der Waals surface area contributed by atoms with Crippen molar-refractivity contribution in [2.24, 2.45) is 5.16 Å². The monoisotopic (exact) mass is 274 g/mol. The van der Waals surface area contributed by atoms with Gasteiger partial charge in [0.05, 0.1) is 0 Å². The molecule has 2 aromatic rings. The zero-order valence-corrected chi connectivity index (χ0v) is 11.0. The Kier molecular flexibility index (Phi) is 4.82. The normalized spacial score (nSPS) is 11.2. The lowest BCUT2D eigenvalue weighted by atomic mass is 10.1. The molecule has 103 valence electrons. The molecule has 2 aromatic carbocycles. The number of aryl methyl sites for hydroxylation is 1. The van der Waals surface area contributed by atoms with Crippen LogP contribution in [0.15, 0.2) is 53.7 Å². The molecule has 0 atom stereocenters. The van der Waals surface area contributed by atoms with Gasteiger partial charge in [0.1, 0.15) is 12.8 Å². The van der Waals surface area contributed by atoms with Crippen molar-refractivity contribution in [3.63, 3.8) is 0 Å². The second-order valence-electron chi connectivity index (χ2n) is 4.34. The highest BCUT2D eigenvalue weighted by atomic mass is 19.3. The van der Waals surface area contributed by atoms with E-state index in [0.29, 0.717) is 5.56 Å². The van der Waals surface area contributed by atoms with Crippen LogP contribution in [0, 0.1) is 6.92 Å². The van der Waals surface area contributed by atoms with Crippen LogP contribution < -0.4 is 0 Å². The Hall–Kier alpha value is -2.23. The number of benzene rings is 2. The van der Waals surface area contributed by atoms with E-state index in [0.717, 1.165) is 11.1 Å². The molecule has 0 unspecified atom stereocenters. The van der Waals surface area contributed by atoms with Crippen LogP contribution in [-0.4, -0.2) is 6.21 Å². The van der Waals surface area contributed by atoms with Gasteiger partial charge in [0.2, 0.25) is 0 Å². The van der Waals surface area contributed by atoms with Crippen LogP contribution in [0.4, 0.5) is 8.78 Å². The molecule has 20 heavy (non-hydrogen) atoms. The largest absolute Gasteiger partial charge is 0.390 e. The zero-order chi connectivity index (χ0) is 14.4. The molecule has 0 aromatic heterocycles. The van der Waals surface area contributed by atoms with Crippen LogP contribution in [0.1, 0.15) is 28.7 Å². The molecule has 0 N–H and O–H groups in total. The second kappa shape index (κ2) is 6.80. The highest BCUT2D eigenvalue weighted by Gasteiger charge is 2.06. The van der Waals surface area contributed by atoms with E-state index in [1.54, 1.807) is 12.1 Å². The summed E-state index contributed by atoms with van der Waals surface area (Å²) in [6, 6.07) is 13.7. The molecule has 0 fully saturated rings. The fraction of sp³-hybridized carbons (Fsp3) is 0.188. The van der Waals surface area contributed by atoms with Gasteiger partial charge in [0, 0.05) is 11.1 Å². The van der Waals surface area contributed by atoms with E-state index in [4.69, 9.17) is 4.84 Å². The van der Waals surface area contributed by atoms with E-state index in [9.17, 15) is 8.78 Å². The standard InChI is InChI=1S/C16H14F2NO/c1-12-5-2-3-7-15(12)10-19-20-11-13-6-4-8-14(9-13)16(17)18/h2-9,16H,11H2,1H3. The van der Waals surface area contributed by atoms with Crippen molar-refractivity contribution >= 4 is 6.21 Å². The maximum atomic E-state index is 12.5. The summed E-state index contributed by atoms with van der Waals surface area (Å²) in [7, 11) is 0. The van der Waals surface area contributed by atoms with Crippen LogP contribution in [0.3, 0.4) is 0 Å². The Morgan fingerprint density at radius 2 is 1.95 bits per heavy atom. The fourth-order valence-corrected chi connectivity index (χ4v) is 1.71.